The number of halogens is 7. The lowest BCUT2D eigenvalue weighted by atomic mass is 10.0. The molecule has 0 unspecified atom stereocenters. The molecule has 0 aliphatic carbocycles. The lowest BCUT2D eigenvalue weighted by Gasteiger charge is -2.12. The van der Waals surface area contributed by atoms with Crippen LogP contribution in [-0.2, 0) is 28.3 Å². The summed E-state index contributed by atoms with van der Waals surface area (Å²) in [6.45, 7) is 0.545. The number of rotatable bonds is 9. The van der Waals surface area contributed by atoms with Crippen molar-refractivity contribution in [3.05, 3.63) is 75.3 Å². The van der Waals surface area contributed by atoms with Gasteiger partial charge in [0.15, 0.2) is 0 Å². The maximum Gasteiger partial charge on any atom is 0.416 e. The maximum atomic E-state index is 12.9. The largest absolute Gasteiger partial charge is 0.488 e. The zero-order valence-corrected chi connectivity index (χ0v) is 19.6. The fourth-order valence-electron chi connectivity index (χ4n) is 2.67. The first-order valence-electron chi connectivity index (χ1n) is 10.0. The number of carbonyl (C=O) groups is 1. The van der Waals surface area contributed by atoms with E-state index in [0.717, 1.165) is 5.56 Å². The van der Waals surface area contributed by atoms with Crippen LogP contribution in [0.5, 0.6) is 5.75 Å². The van der Waals surface area contributed by atoms with Gasteiger partial charge in [-0.2, -0.15) is 26.3 Å². The van der Waals surface area contributed by atoms with Crippen LogP contribution in [0.25, 0.3) is 0 Å². The van der Waals surface area contributed by atoms with Crippen LogP contribution >= 0.6 is 15.9 Å². The van der Waals surface area contributed by atoms with Crippen molar-refractivity contribution >= 4 is 21.9 Å². The first-order chi connectivity index (χ1) is 16.4. The van der Waals surface area contributed by atoms with E-state index in [-0.39, 0.29) is 25.7 Å². The average molecular weight is 565 g/mol. The molecule has 0 heterocycles. The van der Waals surface area contributed by atoms with Gasteiger partial charge in [0.2, 0.25) is 0 Å². The Labute approximate surface area is 205 Å². The van der Waals surface area contributed by atoms with E-state index in [1.807, 2.05) is 6.07 Å². The number of carboxylic acid groups (broad SMARTS) is 1. The molecule has 0 amide bonds. The Hall–Kier alpha value is -2.97. The predicted octanol–water partition coefficient (Wildman–Crippen LogP) is 6.51. The molecular weight excluding hydrogens is 546 g/mol. The van der Waals surface area contributed by atoms with E-state index in [1.165, 1.54) is 12.2 Å². The fraction of sp³-hybridized carbons (Fsp3) is 0.292. The van der Waals surface area contributed by atoms with E-state index in [0.29, 0.717) is 35.4 Å². The standard InChI is InChI=1S/C24H19BrF6O4/c25-20-14-16(7-10-34-11-8-22(32)33)5-6-21(20)35-9-3-1-2-4-17-12-18(23(26,27)28)15-19(13-17)24(29,30)31/h1,3,5-6,12-15H,7-11H2,(H,32,33). The highest BCUT2D eigenvalue weighted by Gasteiger charge is 2.36. The third-order valence-electron chi connectivity index (χ3n) is 4.33. The van der Waals surface area contributed by atoms with Gasteiger partial charge >= 0.3 is 18.3 Å². The summed E-state index contributed by atoms with van der Waals surface area (Å²) in [5.41, 5.74) is -2.34. The smallest absolute Gasteiger partial charge is 0.416 e. The van der Waals surface area contributed by atoms with Gasteiger partial charge in [0.05, 0.1) is 35.2 Å². The molecule has 0 fully saturated rings. The van der Waals surface area contributed by atoms with Crippen LogP contribution in [0.2, 0.25) is 0 Å². The minimum atomic E-state index is -4.93. The number of benzene rings is 2. The minimum absolute atomic E-state index is 0.0461. The molecule has 0 atom stereocenters. The molecule has 4 nitrogen and oxygen atoms in total. The van der Waals surface area contributed by atoms with Crippen LogP contribution in [0.3, 0.4) is 0 Å². The van der Waals surface area contributed by atoms with Crippen molar-refractivity contribution in [2.45, 2.75) is 25.2 Å². The van der Waals surface area contributed by atoms with Crippen LogP contribution < -0.4 is 4.74 Å². The van der Waals surface area contributed by atoms with Gasteiger partial charge < -0.3 is 14.6 Å². The molecule has 0 saturated carbocycles. The van der Waals surface area contributed by atoms with Gasteiger partial charge in [-0.1, -0.05) is 17.9 Å². The number of hydrogen-bond donors (Lipinski definition) is 1. The highest BCUT2D eigenvalue weighted by molar-refractivity contribution is 9.10. The van der Waals surface area contributed by atoms with Gasteiger partial charge in [0.1, 0.15) is 12.4 Å². The van der Waals surface area contributed by atoms with Crippen molar-refractivity contribution in [1.82, 2.24) is 0 Å². The molecule has 0 radical (unpaired) electrons. The van der Waals surface area contributed by atoms with Crippen LogP contribution in [0, 0.1) is 11.8 Å². The maximum absolute atomic E-state index is 12.9. The number of hydrogen-bond acceptors (Lipinski definition) is 3. The van der Waals surface area contributed by atoms with Crippen LogP contribution in [0.15, 0.2) is 53.0 Å². The molecule has 11 heteroatoms. The molecule has 0 bridgehead atoms. The first kappa shape index (κ1) is 28.3. The average Bonchev–Trinajstić information content (AvgIpc) is 2.75. The van der Waals surface area contributed by atoms with Crippen LogP contribution in [0.4, 0.5) is 26.3 Å². The lowest BCUT2D eigenvalue weighted by molar-refractivity contribution is -0.143. The second kappa shape index (κ2) is 12.7. The normalized spacial score (nSPS) is 11.9. The SMILES string of the molecule is O=C(O)CCOCCc1ccc(OCC=CC#Cc2cc(C(F)(F)F)cc(C(F)(F)F)c2)c(Br)c1. The molecule has 2 aromatic rings. The third kappa shape index (κ3) is 10.0. The summed E-state index contributed by atoms with van der Waals surface area (Å²) in [6, 6.07) is 6.48. The molecule has 0 aliphatic rings. The van der Waals surface area contributed by atoms with E-state index in [1.54, 1.807) is 12.1 Å². The molecule has 188 valence electrons. The molecule has 2 aromatic carbocycles. The summed E-state index contributed by atoms with van der Waals surface area (Å²) in [5.74, 6) is 4.25. The quantitative estimate of drug-likeness (QED) is 0.214. The second-order valence-corrected chi connectivity index (χ2v) is 7.90. The summed E-state index contributed by atoms with van der Waals surface area (Å²) in [6.07, 6.45) is -6.63. The van der Waals surface area contributed by atoms with E-state index >= 15 is 0 Å². The monoisotopic (exact) mass is 564 g/mol. The van der Waals surface area contributed by atoms with Crippen molar-refractivity contribution in [1.29, 1.82) is 0 Å². The molecule has 35 heavy (non-hydrogen) atoms. The van der Waals surface area contributed by atoms with Crippen molar-refractivity contribution in [3.8, 4) is 17.6 Å². The van der Waals surface area contributed by atoms with Gasteiger partial charge in [-0.25, -0.2) is 0 Å². The Balaban J connectivity index is 1.93. The Bertz CT molecular complexity index is 1080. The number of carboxylic acids is 1. The second-order valence-electron chi connectivity index (χ2n) is 7.05. The van der Waals surface area contributed by atoms with Crippen LogP contribution in [-0.4, -0.2) is 30.9 Å². The molecule has 0 spiro atoms. The Morgan fingerprint density at radius 2 is 1.66 bits per heavy atom. The van der Waals surface area contributed by atoms with Gasteiger partial charge in [0.25, 0.3) is 0 Å². The Morgan fingerprint density at radius 3 is 2.23 bits per heavy atom. The van der Waals surface area contributed by atoms with Gasteiger partial charge in [-0.15, -0.1) is 0 Å². The van der Waals surface area contributed by atoms with Gasteiger partial charge in [-0.05, 0) is 70.4 Å². The zero-order valence-electron chi connectivity index (χ0n) is 18.0. The number of aliphatic carboxylic acids is 1. The van der Waals surface area contributed by atoms with Gasteiger partial charge in [-0.3, -0.25) is 4.79 Å². The van der Waals surface area contributed by atoms with E-state index < -0.39 is 35.0 Å². The highest BCUT2D eigenvalue weighted by atomic mass is 79.9. The Morgan fingerprint density at radius 1 is 1.00 bits per heavy atom. The number of ether oxygens (including phenoxy) is 2. The van der Waals surface area contributed by atoms with Crippen LogP contribution in [0.1, 0.15) is 28.7 Å². The van der Waals surface area contributed by atoms with Gasteiger partial charge in [0, 0.05) is 5.56 Å². The minimum Gasteiger partial charge on any atom is -0.488 e. The van der Waals surface area contributed by atoms with E-state index in [4.69, 9.17) is 14.6 Å². The predicted molar refractivity (Wildman–Crippen MR) is 119 cm³/mol. The van der Waals surface area contributed by atoms with Crippen molar-refractivity contribution in [2.24, 2.45) is 0 Å². The van der Waals surface area contributed by atoms with E-state index in [9.17, 15) is 31.1 Å². The molecule has 2 rings (SSSR count). The van der Waals surface area contributed by atoms with Crippen molar-refractivity contribution < 1.29 is 45.7 Å². The first-order valence-corrected chi connectivity index (χ1v) is 10.8. The third-order valence-corrected chi connectivity index (χ3v) is 4.95. The molecule has 0 saturated heterocycles. The summed E-state index contributed by atoms with van der Waals surface area (Å²) in [4.78, 5) is 10.4. The highest BCUT2D eigenvalue weighted by Crippen LogP contribution is 2.36. The Kier molecular flexibility index (Phi) is 10.2. The number of alkyl halides is 6. The summed E-state index contributed by atoms with van der Waals surface area (Å²) >= 11 is 3.37. The molecular formula is C24H19BrF6O4. The summed E-state index contributed by atoms with van der Waals surface area (Å²) in [5, 5.41) is 8.55. The summed E-state index contributed by atoms with van der Waals surface area (Å²) < 4.78 is 88.8. The van der Waals surface area contributed by atoms with Crippen molar-refractivity contribution in [3.63, 3.8) is 0 Å². The topological polar surface area (TPSA) is 55.8 Å². The molecule has 0 aliphatic heterocycles. The zero-order chi connectivity index (χ0) is 26.1. The molecule has 0 aromatic heterocycles. The molecule has 1 N–H and O–H groups in total. The van der Waals surface area contributed by atoms with E-state index in [2.05, 4.69) is 27.8 Å². The lowest BCUT2D eigenvalue weighted by Crippen LogP contribution is -2.11. The van der Waals surface area contributed by atoms with Crippen molar-refractivity contribution in [2.75, 3.05) is 19.8 Å². The number of allylic oxidation sites excluding steroid dienone is 1. The summed E-state index contributed by atoms with van der Waals surface area (Å²) in [7, 11) is 0. The fourth-order valence-corrected chi connectivity index (χ4v) is 3.21.